The van der Waals surface area contributed by atoms with Crippen LogP contribution >= 0.6 is 11.6 Å². The van der Waals surface area contributed by atoms with Gasteiger partial charge >= 0.3 is 0 Å². The number of benzene rings is 2. The van der Waals surface area contributed by atoms with Gasteiger partial charge < -0.3 is 14.8 Å². The number of rotatable bonds is 7. The molecule has 30 heavy (non-hydrogen) atoms. The zero-order valence-corrected chi connectivity index (χ0v) is 17.5. The average molecular weight is 452 g/mol. The van der Waals surface area contributed by atoms with E-state index in [4.69, 9.17) is 25.6 Å². The molecule has 0 spiro atoms. The van der Waals surface area contributed by atoms with Crippen molar-refractivity contribution in [2.75, 3.05) is 0 Å². The van der Waals surface area contributed by atoms with Gasteiger partial charge in [0.1, 0.15) is 0 Å². The summed E-state index contributed by atoms with van der Waals surface area (Å²) < 4.78 is 42.5. The standard InChI is InChI=1S/C19H18ClN3O6S/c1-11(19(24)22-12(2)30(25,26)27)28-16-5-3-4-6-17(16)29-18-10-21-14-8-7-13(20)9-15(14)23-18/h3-12H,1-2H3,(H,22,24)(H,25,26,27). The number of hydrogen-bond acceptors (Lipinski definition) is 7. The Kier molecular flexibility index (Phi) is 6.40. The highest BCUT2D eigenvalue weighted by atomic mass is 35.5. The summed E-state index contributed by atoms with van der Waals surface area (Å²) in [5.41, 5.74) is 1.19. The van der Waals surface area contributed by atoms with Crippen molar-refractivity contribution in [3.63, 3.8) is 0 Å². The minimum absolute atomic E-state index is 0.193. The zero-order valence-electron chi connectivity index (χ0n) is 15.9. The lowest BCUT2D eigenvalue weighted by Gasteiger charge is -2.18. The molecule has 11 heteroatoms. The first-order chi connectivity index (χ1) is 14.1. The molecule has 158 valence electrons. The summed E-state index contributed by atoms with van der Waals surface area (Å²) in [6.45, 7) is 2.57. The number of ether oxygens (including phenoxy) is 2. The molecule has 0 saturated carbocycles. The van der Waals surface area contributed by atoms with Gasteiger partial charge in [-0.1, -0.05) is 23.7 Å². The first kappa shape index (κ1) is 21.8. The molecule has 9 nitrogen and oxygen atoms in total. The SMILES string of the molecule is CC(Oc1ccccc1Oc1cnc2ccc(Cl)cc2n1)C(=O)NC(C)S(=O)(=O)O. The fourth-order valence-corrected chi connectivity index (χ4v) is 2.83. The summed E-state index contributed by atoms with van der Waals surface area (Å²) in [5, 5.41) is 1.20. The van der Waals surface area contributed by atoms with Gasteiger partial charge in [0, 0.05) is 5.02 Å². The fourth-order valence-electron chi connectivity index (χ4n) is 2.40. The van der Waals surface area contributed by atoms with E-state index < -0.39 is 27.5 Å². The highest BCUT2D eigenvalue weighted by Gasteiger charge is 2.24. The number of fused-ring (bicyclic) bond motifs is 1. The Morgan fingerprint density at radius 2 is 1.83 bits per heavy atom. The van der Waals surface area contributed by atoms with Gasteiger partial charge in [-0.25, -0.2) is 9.97 Å². The Balaban J connectivity index is 1.77. The summed E-state index contributed by atoms with van der Waals surface area (Å²) in [6.07, 6.45) is 0.372. The van der Waals surface area contributed by atoms with Gasteiger partial charge in [0.05, 0.1) is 17.2 Å². The minimum atomic E-state index is -4.41. The molecule has 2 N–H and O–H groups in total. The number of halogens is 1. The third-order valence-corrected chi connectivity index (χ3v) is 5.26. The van der Waals surface area contributed by atoms with Crippen LogP contribution in [0.25, 0.3) is 11.0 Å². The second-order valence-electron chi connectivity index (χ2n) is 6.32. The predicted molar refractivity (Wildman–Crippen MR) is 110 cm³/mol. The zero-order chi connectivity index (χ0) is 21.9. The molecule has 0 bridgehead atoms. The lowest BCUT2D eigenvalue weighted by molar-refractivity contribution is -0.127. The Morgan fingerprint density at radius 3 is 2.53 bits per heavy atom. The van der Waals surface area contributed by atoms with Gasteiger partial charge in [-0.05, 0) is 44.2 Å². The van der Waals surface area contributed by atoms with E-state index in [0.717, 1.165) is 6.92 Å². The van der Waals surface area contributed by atoms with E-state index in [1.807, 2.05) is 0 Å². The van der Waals surface area contributed by atoms with Crippen molar-refractivity contribution in [3.05, 3.63) is 53.7 Å². The summed E-state index contributed by atoms with van der Waals surface area (Å²) in [6, 6.07) is 11.7. The van der Waals surface area contributed by atoms with E-state index >= 15 is 0 Å². The highest BCUT2D eigenvalue weighted by molar-refractivity contribution is 7.86. The molecule has 0 aliphatic carbocycles. The summed E-state index contributed by atoms with van der Waals surface area (Å²) in [5.74, 6) is -0.0312. The lowest BCUT2D eigenvalue weighted by atomic mass is 10.3. The Morgan fingerprint density at radius 1 is 1.13 bits per heavy atom. The van der Waals surface area contributed by atoms with Crippen LogP contribution in [0.2, 0.25) is 5.02 Å². The molecule has 1 amide bonds. The van der Waals surface area contributed by atoms with Crippen molar-refractivity contribution in [1.82, 2.24) is 15.3 Å². The second kappa shape index (κ2) is 8.82. The van der Waals surface area contributed by atoms with Crippen molar-refractivity contribution < 1.29 is 27.2 Å². The largest absolute Gasteiger partial charge is 0.477 e. The van der Waals surface area contributed by atoms with Crippen LogP contribution in [-0.4, -0.2) is 40.3 Å². The quantitative estimate of drug-likeness (QED) is 0.524. The number of carbonyl (C=O) groups excluding carboxylic acids is 1. The number of carbonyl (C=O) groups is 1. The van der Waals surface area contributed by atoms with Crippen molar-refractivity contribution in [2.45, 2.75) is 25.3 Å². The van der Waals surface area contributed by atoms with Crippen LogP contribution in [0.1, 0.15) is 13.8 Å². The van der Waals surface area contributed by atoms with E-state index in [0.29, 0.717) is 16.1 Å². The molecule has 2 unspecified atom stereocenters. The van der Waals surface area contributed by atoms with Crippen LogP contribution < -0.4 is 14.8 Å². The molecule has 0 aliphatic rings. The maximum absolute atomic E-state index is 12.2. The normalized spacial score (nSPS) is 13.5. The third-order valence-electron chi connectivity index (χ3n) is 4.01. The number of nitrogens with one attached hydrogen (secondary N) is 1. The fraction of sp³-hybridized carbons (Fsp3) is 0.211. The maximum atomic E-state index is 12.2. The smallest absolute Gasteiger partial charge is 0.285 e. The van der Waals surface area contributed by atoms with Crippen molar-refractivity contribution in [3.8, 4) is 17.4 Å². The first-order valence-electron chi connectivity index (χ1n) is 8.76. The first-order valence-corrected chi connectivity index (χ1v) is 10.6. The third kappa shape index (κ3) is 5.35. The van der Waals surface area contributed by atoms with Crippen molar-refractivity contribution in [1.29, 1.82) is 0 Å². The Hall–Kier alpha value is -2.95. The van der Waals surface area contributed by atoms with Crippen molar-refractivity contribution in [2.24, 2.45) is 0 Å². The summed E-state index contributed by atoms with van der Waals surface area (Å²) >= 11 is 5.99. The van der Waals surface area contributed by atoms with E-state index in [2.05, 4.69) is 15.3 Å². The molecular weight excluding hydrogens is 434 g/mol. The average Bonchev–Trinajstić information content (AvgIpc) is 2.68. The van der Waals surface area contributed by atoms with Gasteiger partial charge in [0.15, 0.2) is 23.0 Å². The molecule has 1 aromatic heterocycles. The van der Waals surface area contributed by atoms with Crippen LogP contribution in [-0.2, 0) is 14.9 Å². The summed E-state index contributed by atoms with van der Waals surface area (Å²) in [4.78, 5) is 20.8. The molecule has 1 heterocycles. The maximum Gasteiger partial charge on any atom is 0.285 e. The molecule has 0 radical (unpaired) electrons. The number of nitrogens with zero attached hydrogens (tertiary/aromatic N) is 2. The molecule has 0 fully saturated rings. The van der Waals surface area contributed by atoms with E-state index in [-0.39, 0.29) is 17.4 Å². The highest BCUT2D eigenvalue weighted by Crippen LogP contribution is 2.31. The predicted octanol–water partition coefficient (Wildman–Crippen LogP) is 3.19. The van der Waals surface area contributed by atoms with Crippen LogP contribution in [0.15, 0.2) is 48.7 Å². The Bertz CT molecular complexity index is 1190. The van der Waals surface area contributed by atoms with Crippen LogP contribution in [0.5, 0.6) is 17.4 Å². The van der Waals surface area contributed by atoms with E-state index in [1.54, 1.807) is 42.5 Å². The molecule has 3 aromatic rings. The molecule has 3 rings (SSSR count). The lowest BCUT2D eigenvalue weighted by Crippen LogP contribution is -2.44. The molecule has 0 aliphatic heterocycles. The van der Waals surface area contributed by atoms with Gasteiger partial charge in [-0.2, -0.15) is 8.42 Å². The summed E-state index contributed by atoms with van der Waals surface area (Å²) in [7, 11) is -4.41. The number of aromatic nitrogens is 2. The van der Waals surface area contributed by atoms with Crippen LogP contribution in [0, 0.1) is 0 Å². The number of para-hydroxylation sites is 2. The van der Waals surface area contributed by atoms with Gasteiger partial charge in [-0.3, -0.25) is 9.35 Å². The monoisotopic (exact) mass is 451 g/mol. The van der Waals surface area contributed by atoms with Crippen LogP contribution in [0.3, 0.4) is 0 Å². The topological polar surface area (TPSA) is 128 Å². The van der Waals surface area contributed by atoms with Gasteiger partial charge in [0.25, 0.3) is 16.0 Å². The minimum Gasteiger partial charge on any atom is -0.477 e. The number of amides is 1. The van der Waals surface area contributed by atoms with Crippen molar-refractivity contribution >= 4 is 38.7 Å². The molecule has 2 aromatic carbocycles. The van der Waals surface area contributed by atoms with Crippen LogP contribution in [0.4, 0.5) is 0 Å². The van der Waals surface area contributed by atoms with Gasteiger partial charge in [0.2, 0.25) is 5.88 Å². The molecular formula is C19H18ClN3O6S. The number of hydrogen-bond donors (Lipinski definition) is 2. The molecule has 2 atom stereocenters. The van der Waals surface area contributed by atoms with E-state index in [9.17, 15) is 13.2 Å². The van der Waals surface area contributed by atoms with E-state index in [1.165, 1.54) is 13.1 Å². The van der Waals surface area contributed by atoms with Gasteiger partial charge in [-0.15, -0.1) is 0 Å². The second-order valence-corrected chi connectivity index (χ2v) is 8.49. The molecule has 0 saturated heterocycles. The Labute approximate surface area is 177 Å².